The molecule has 3 amide bonds. The highest BCUT2D eigenvalue weighted by Gasteiger charge is 2.30. The van der Waals surface area contributed by atoms with Crippen LogP contribution in [-0.4, -0.2) is 71.0 Å². The molecule has 27 heavy (non-hydrogen) atoms. The van der Waals surface area contributed by atoms with Crippen LogP contribution in [0.2, 0.25) is 0 Å². The van der Waals surface area contributed by atoms with Crippen molar-refractivity contribution < 1.29 is 32.3 Å². The van der Waals surface area contributed by atoms with Gasteiger partial charge in [0.1, 0.15) is 6.54 Å². The molecule has 1 aliphatic heterocycles. The van der Waals surface area contributed by atoms with Crippen molar-refractivity contribution >= 4 is 17.9 Å². The van der Waals surface area contributed by atoms with Crippen molar-refractivity contribution in [1.82, 2.24) is 25.3 Å². The average molecular weight is 391 g/mol. The van der Waals surface area contributed by atoms with Crippen molar-refractivity contribution in [2.75, 3.05) is 26.2 Å². The number of aromatic nitrogens is 2. The minimum atomic E-state index is -4.62. The molecule has 2 N–H and O–H groups in total. The van der Waals surface area contributed by atoms with E-state index in [9.17, 15) is 27.6 Å². The molecular formula is C15H20F3N5O4. The molecule has 0 unspecified atom stereocenters. The highest BCUT2D eigenvalue weighted by Crippen LogP contribution is 2.14. The fraction of sp³-hybridized carbons (Fsp3) is 0.600. The van der Waals surface area contributed by atoms with E-state index in [1.165, 1.54) is 15.8 Å². The SMILES string of the molecule is Cn1cc(C(=O)NC2CCN(C(=O)CNC(=O)OCC(F)(F)F)CC2)cn1. The number of ether oxygens (including phenoxy) is 1. The Hall–Kier alpha value is -2.79. The summed E-state index contributed by atoms with van der Waals surface area (Å²) in [6.07, 6.45) is -1.83. The number of carbonyl (C=O) groups is 3. The maximum Gasteiger partial charge on any atom is 0.422 e. The molecule has 2 heterocycles. The predicted molar refractivity (Wildman–Crippen MR) is 85.7 cm³/mol. The number of likely N-dealkylation sites (tertiary alicyclic amines) is 1. The van der Waals surface area contributed by atoms with Gasteiger partial charge in [-0.05, 0) is 12.8 Å². The van der Waals surface area contributed by atoms with Gasteiger partial charge in [-0.15, -0.1) is 0 Å². The van der Waals surface area contributed by atoms with Gasteiger partial charge in [0, 0.05) is 32.4 Å². The second kappa shape index (κ2) is 8.73. The molecule has 9 nitrogen and oxygen atoms in total. The first-order valence-corrected chi connectivity index (χ1v) is 8.18. The number of piperidine rings is 1. The van der Waals surface area contributed by atoms with Gasteiger partial charge in [-0.2, -0.15) is 18.3 Å². The fourth-order valence-electron chi connectivity index (χ4n) is 2.54. The third-order valence-electron chi connectivity index (χ3n) is 3.90. The van der Waals surface area contributed by atoms with E-state index < -0.39 is 31.3 Å². The van der Waals surface area contributed by atoms with Gasteiger partial charge in [0.15, 0.2) is 6.61 Å². The number of alkyl carbamates (subject to hydrolysis) is 1. The zero-order valence-electron chi connectivity index (χ0n) is 14.6. The van der Waals surface area contributed by atoms with Crippen LogP contribution in [0.3, 0.4) is 0 Å². The summed E-state index contributed by atoms with van der Waals surface area (Å²) >= 11 is 0. The van der Waals surface area contributed by atoms with Crippen molar-refractivity contribution in [3.05, 3.63) is 18.0 Å². The molecule has 0 bridgehead atoms. The number of hydrogen-bond acceptors (Lipinski definition) is 5. The molecule has 12 heteroatoms. The number of aryl methyl sites for hydroxylation is 1. The summed E-state index contributed by atoms with van der Waals surface area (Å²) in [5, 5.41) is 8.77. The number of alkyl halides is 3. The van der Waals surface area contributed by atoms with Gasteiger partial charge in [0.25, 0.3) is 5.91 Å². The average Bonchev–Trinajstić information content (AvgIpc) is 3.04. The topological polar surface area (TPSA) is 106 Å². The van der Waals surface area contributed by atoms with Gasteiger partial charge < -0.3 is 20.3 Å². The van der Waals surface area contributed by atoms with Crippen LogP contribution < -0.4 is 10.6 Å². The third kappa shape index (κ3) is 6.79. The zero-order chi connectivity index (χ0) is 20.0. The first kappa shape index (κ1) is 20.5. The van der Waals surface area contributed by atoms with Crippen LogP contribution in [0, 0.1) is 0 Å². The van der Waals surface area contributed by atoms with Crippen LogP contribution in [0.25, 0.3) is 0 Å². The molecule has 150 valence electrons. The Labute approximate surface area is 152 Å². The van der Waals surface area contributed by atoms with E-state index in [2.05, 4.69) is 15.2 Å². The van der Waals surface area contributed by atoms with Gasteiger partial charge in [-0.25, -0.2) is 4.79 Å². The summed E-state index contributed by atoms with van der Waals surface area (Å²) in [5.41, 5.74) is 0.442. The van der Waals surface area contributed by atoms with E-state index in [1.54, 1.807) is 13.2 Å². The minimum Gasteiger partial charge on any atom is -0.440 e. The van der Waals surface area contributed by atoms with Crippen LogP contribution in [-0.2, 0) is 16.6 Å². The smallest absolute Gasteiger partial charge is 0.422 e. The molecule has 0 aliphatic carbocycles. The number of hydrogen-bond donors (Lipinski definition) is 2. The van der Waals surface area contributed by atoms with E-state index in [0.717, 1.165) is 0 Å². The lowest BCUT2D eigenvalue weighted by molar-refractivity contribution is -0.160. The van der Waals surface area contributed by atoms with Gasteiger partial charge in [0.05, 0.1) is 11.8 Å². The molecule has 0 spiro atoms. The predicted octanol–water partition coefficient (Wildman–Crippen LogP) is 0.429. The van der Waals surface area contributed by atoms with Crippen LogP contribution >= 0.6 is 0 Å². The molecular weight excluding hydrogens is 371 g/mol. The lowest BCUT2D eigenvalue weighted by Crippen LogP contribution is -2.49. The molecule has 0 saturated carbocycles. The quantitative estimate of drug-likeness (QED) is 0.757. The van der Waals surface area contributed by atoms with Crippen LogP contribution in [0.5, 0.6) is 0 Å². The van der Waals surface area contributed by atoms with Gasteiger partial charge in [-0.1, -0.05) is 0 Å². The summed E-state index contributed by atoms with van der Waals surface area (Å²) in [5.74, 6) is -0.682. The van der Waals surface area contributed by atoms with Crippen molar-refractivity contribution in [3.8, 4) is 0 Å². The normalized spacial score (nSPS) is 15.3. The first-order chi connectivity index (χ1) is 12.6. The maximum atomic E-state index is 12.1. The Morgan fingerprint density at radius 1 is 1.30 bits per heavy atom. The summed E-state index contributed by atoms with van der Waals surface area (Å²) in [7, 11) is 1.70. The highest BCUT2D eigenvalue weighted by atomic mass is 19.4. The molecule has 2 rings (SSSR count). The number of nitrogens with zero attached hydrogens (tertiary/aromatic N) is 3. The van der Waals surface area contributed by atoms with Gasteiger partial charge in [-0.3, -0.25) is 14.3 Å². The monoisotopic (exact) mass is 391 g/mol. The first-order valence-electron chi connectivity index (χ1n) is 8.18. The Morgan fingerprint density at radius 2 is 1.96 bits per heavy atom. The molecule has 1 fully saturated rings. The van der Waals surface area contributed by atoms with Gasteiger partial charge in [0.2, 0.25) is 5.91 Å². The summed E-state index contributed by atoms with van der Waals surface area (Å²) in [6.45, 7) is -1.45. The molecule has 0 atom stereocenters. The van der Waals surface area contributed by atoms with Crippen molar-refractivity contribution in [2.24, 2.45) is 7.05 Å². The summed E-state index contributed by atoms with van der Waals surface area (Å²) in [4.78, 5) is 36.7. The number of rotatable bonds is 5. The van der Waals surface area contributed by atoms with E-state index in [4.69, 9.17) is 0 Å². The van der Waals surface area contributed by atoms with Crippen molar-refractivity contribution in [1.29, 1.82) is 0 Å². The second-order valence-electron chi connectivity index (χ2n) is 6.08. The van der Waals surface area contributed by atoms with Crippen molar-refractivity contribution in [3.63, 3.8) is 0 Å². The van der Waals surface area contributed by atoms with Crippen molar-refractivity contribution in [2.45, 2.75) is 25.1 Å². The fourth-order valence-corrected chi connectivity index (χ4v) is 2.54. The Bertz CT molecular complexity index is 683. The zero-order valence-corrected chi connectivity index (χ0v) is 14.6. The number of nitrogens with one attached hydrogen (secondary N) is 2. The number of halogens is 3. The van der Waals surface area contributed by atoms with Crippen LogP contribution in [0.15, 0.2) is 12.4 Å². The number of carbonyl (C=O) groups excluding carboxylic acids is 3. The molecule has 0 aromatic carbocycles. The second-order valence-corrected chi connectivity index (χ2v) is 6.08. The van der Waals surface area contributed by atoms with E-state index >= 15 is 0 Å². The lowest BCUT2D eigenvalue weighted by Gasteiger charge is -2.32. The molecule has 1 aliphatic rings. The van der Waals surface area contributed by atoms with Crippen LogP contribution in [0.4, 0.5) is 18.0 Å². The summed E-state index contributed by atoms with van der Waals surface area (Å²) < 4.78 is 41.2. The Kier molecular flexibility index (Phi) is 6.64. The minimum absolute atomic E-state index is 0.105. The molecule has 1 aromatic rings. The largest absolute Gasteiger partial charge is 0.440 e. The highest BCUT2D eigenvalue weighted by molar-refractivity contribution is 5.93. The Morgan fingerprint density at radius 3 is 2.52 bits per heavy atom. The van der Waals surface area contributed by atoms with E-state index in [0.29, 0.717) is 31.5 Å². The molecule has 1 saturated heterocycles. The van der Waals surface area contributed by atoms with Crippen LogP contribution in [0.1, 0.15) is 23.2 Å². The van der Waals surface area contributed by atoms with Gasteiger partial charge >= 0.3 is 12.3 Å². The molecule has 0 radical (unpaired) electrons. The molecule has 1 aromatic heterocycles. The standard InChI is InChI=1S/C15H20F3N5O4/c1-22-8-10(6-20-22)13(25)21-11-2-4-23(5-3-11)12(24)7-19-14(26)27-9-15(16,17)18/h6,8,11H,2-5,7,9H2,1H3,(H,19,26)(H,21,25). The lowest BCUT2D eigenvalue weighted by atomic mass is 10.0. The Balaban J connectivity index is 1.68. The third-order valence-corrected chi connectivity index (χ3v) is 3.90. The number of amides is 3. The maximum absolute atomic E-state index is 12.1. The van der Waals surface area contributed by atoms with E-state index in [1.807, 2.05) is 5.32 Å². The summed E-state index contributed by atoms with van der Waals surface area (Å²) in [6, 6.07) is -0.105. The van der Waals surface area contributed by atoms with E-state index in [-0.39, 0.29) is 11.9 Å².